The van der Waals surface area contributed by atoms with Crippen LogP contribution >= 0.6 is 11.3 Å². The molecule has 0 saturated heterocycles. The molecule has 7 N–H and O–H groups in total. The number of rotatable bonds is 5. The summed E-state index contributed by atoms with van der Waals surface area (Å²) in [6, 6.07) is 9.37. The molecule has 1 aromatic carbocycles. The molecule has 1 aliphatic carbocycles. The largest absolute Gasteiger partial charge is 0.398 e. The van der Waals surface area contributed by atoms with Gasteiger partial charge in [0.2, 0.25) is 11.8 Å². The normalized spacial score (nSPS) is 20.4. The average molecular weight is 369 g/mol. The van der Waals surface area contributed by atoms with E-state index in [-0.39, 0.29) is 6.42 Å². The molecule has 0 spiro atoms. The zero-order chi connectivity index (χ0) is 18.9. The van der Waals surface area contributed by atoms with E-state index < -0.39 is 23.3 Å². The van der Waals surface area contributed by atoms with Crippen LogP contribution in [0.1, 0.15) is 12.0 Å². The number of hydrogen-bond acceptors (Lipinski definition) is 5. The minimum absolute atomic E-state index is 0.171. The molecule has 0 radical (unpaired) electrons. The number of thiophene rings is 1. The summed E-state index contributed by atoms with van der Waals surface area (Å²) in [7, 11) is 0. The van der Waals surface area contributed by atoms with Gasteiger partial charge in [0, 0.05) is 16.1 Å². The molecular formula is C19H19N3O3S. The number of nitrogen functional groups attached to an aromatic ring is 1. The van der Waals surface area contributed by atoms with Crippen molar-refractivity contribution in [3.63, 3.8) is 0 Å². The van der Waals surface area contributed by atoms with Gasteiger partial charge in [0.25, 0.3) is 0 Å². The Labute approximate surface area is 154 Å². The molecule has 0 saturated carbocycles. The van der Waals surface area contributed by atoms with Gasteiger partial charge >= 0.3 is 0 Å². The van der Waals surface area contributed by atoms with Crippen molar-refractivity contribution in [2.45, 2.75) is 17.9 Å². The summed E-state index contributed by atoms with van der Waals surface area (Å²) in [5.74, 6) is -1.45. The van der Waals surface area contributed by atoms with Crippen LogP contribution < -0.4 is 17.2 Å². The number of primary amides is 2. The van der Waals surface area contributed by atoms with Gasteiger partial charge in [0.1, 0.15) is 6.10 Å². The summed E-state index contributed by atoms with van der Waals surface area (Å²) in [6.07, 6.45) is 3.34. The highest BCUT2D eigenvalue weighted by Crippen LogP contribution is 2.42. The molecule has 0 fully saturated rings. The Morgan fingerprint density at radius 1 is 1.23 bits per heavy atom. The van der Waals surface area contributed by atoms with Crippen molar-refractivity contribution in [2.75, 3.05) is 5.73 Å². The predicted octanol–water partition coefficient (Wildman–Crippen LogP) is 1.45. The van der Waals surface area contributed by atoms with Crippen LogP contribution in [-0.2, 0) is 15.0 Å². The number of benzene rings is 1. The van der Waals surface area contributed by atoms with E-state index in [1.807, 2.05) is 29.6 Å². The molecule has 1 aromatic heterocycles. The molecule has 2 aromatic rings. The lowest BCUT2D eigenvalue weighted by Crippen LogP contribution is -2.47. The Kier molecular flexibility index (Phi) is 4.67. The lowest BCUT2D eigenvalue weighted by Gasteiger charge is -2.36. The van der Waals surface area contributed by atoms with Gasteiger partial charge < -0.3 is 22.3 Å². The first-order valence-electron chi connectivity index (χ1n) is 7.95. The second-order valence-electron chi connectivity index (χ2n) is 6.19. The van der Waals surface area contributed by atoms with Gasteiger partial charge in [-0.05, 0) is 41.1 Å². The van der Waals surface area contributed by atoms with Crippen molar-refractivity contribution in [3.8, 4) is 10.4 Å². The third-order valence-corrected chi connectivity index (χ3v) is 5.54. The molecule has 0 aliphatic heterocycles. The smallest absolute Gasteiger partial charge is 0.248 e. The van der Waals surface area contributed by atoms with Crippen molar-refractivity contribution < 1.29 is 14.7 Å². The zero-order valence-electron chi connectivity index (χ0n) is 13.9. The van der Waals surface area contributed by atoms with Crippen molar-refractivity contribution >= 4 is 28.8 Å². The summed E-state index contributed by atoms with van der Waals surface area (Å²) in [6.45, 7) is 0. The maximum absolute atomic E-state index is 11.8. The molecule has 0 bridgehead atoms. The zero-order valence-corrected chi connectivity index (χ0v) is 14.7. The fourth-order valence-corrected chi connectivity index (χ4v) is 3.92. The molecule has 134 valence electrons. The standard InChI is InChI=1S/C19H19N3O3S/c20-14-4-3-12(15-2-1-9-26-15)10-13(14)19(16(23)18(22)25)7-5-11(6-8-19)17(21)24/h1-7,9-10,16,23H,8,20H2,(H2,21,24)(H2,22,25). The fourth-order valence-electron chi connectivity index (χ4n) is 3.20. The Hall–Kier alpha value is -2.90. The minimum atomic E-state index is -1.51. The lowest BCUT2D eigenvalue weighted by molar-refractivity contribution is -0.128. The van der Waals surface area contributed by atoms with Gasteiger partial charge in [-0.25, -0.2) is 0 Å². The molecule has 2 atom stereocenters. The molecular weight excluding hydrogens is 350 g/mol. The number of anilines is 1. The van der Waals surface area contributed by atoms with Crippen LogP contribution in [0.25, 0.3) is 10.4 Å². The van der Waals surface area contributed by atoms with E-state index in [9.17, 15) is 14.7 Å². The number of amides is 2. The number of allylic oxidation sites excluding steroid dienone is 1. The van der Waals surface area contributed by atoms with E-state index in [0.29, 0.717) is 16.8 Å². The van der Waals surface area contributed by atoms with Gasteiger partial charge in [-0.15, -0.1) is 11.3 Å². The molecule has 1 aliphatic rings. The Morgan fingerprint density at radius 2 is 2.00 bits per heavy atom. The monoisotopic (exact) mass is 369 g/mol. The summed E-state index contributed by atoms with van der Waals surface area (Å²) in [4.78, 5) is 24.2. The second kappa shape index (κ2) is 6.78. The minimum Gasteiger partial charge on any atom is -0.398 e. The van der Waals surface area contributed by atoms with E-state index in [0.717, 1.165) is 10.4 Å². The third kappa shape index (κ3) is 3.02. The van der Waals surface area contributed by atoms with Crippen LogP contribution in [0.2, 0.25) is 0 Å². The topological polar surface area (TPSA) is 132 Å². The fraction of sp³-hybridized carbons (Fsp3) is 0.158. The number of aliphatic hydroxyl groups excluding tert-OH is 1. The number of carbonyl (C=O) groups is 2. The highest BCUT2D eigenvalue weighted by molar-refractivity contribution is 7.13. The predicted molar refractivity (Wildman–Crippen MR) is 102 cm³/mol. The number of nitrogens with two attached hydrogens (primary N) is 3. The van der Waals surface area contributed by atoms with Crippen molar-refractivity contribution in [3.05, 3.63) is 65.1 Å². The number of aliphatic hydroxyl groups is 1. The highest BCUT2D eigenvalue weighted by Gasteiger charge is 2.43. The molecule has 2 unspecified atom stereocenters. The third-order valence-electron chi connectivity index (χ3n) is 4.62. The lowest BCUT2D eigenvalue weighted by atomic mass is 9.69. The molecule has 2 amide bonds. The van der Waals surface area contributed by atoms with Gasteiger partial charge in [-0.3, -0.25) is 9.59 Å². The molecule has 1 heterocycles. The second-order valence-corrected chi connectivity index (χ2v) is 7.13. The van der Waals surface area contributed by atoms with Crippen LogP contribution in [0.5, 0.6) is 0 Å². The van der Waals surface area contributed by atoms with Gasteiger partial charge in [-0.2, -0.15) is 0 Å². The first-order valence-corrected chi connectivity index (χ1v) is 8.83. The molecule has 7 heteroatoms. The van der Waals surface area contributed by atoms with E-state index >= 15 is 0 Å². The maximum Gasteiger partial charge on any atom is 0.248 e. The summed E-state index contributed by atoms with van der Waals surface area (Å²) in [5.41, 5.74) is 17.9. The summed E-state index contributed by atoms with van der Waals surface area (Å²) in [5, 5.41) is 12.6. The van der Waals surface area contributed by atoms with E-state index in [1.54, 1.807) is 29.6 Å². The maximum atomic E-state index is 11.8. The summed E-state index contributed by atoms with van der Waals surface area (Å²) < 4.78 is 0. The molecule has 3 rings (SSSR count). The van der Waals surface area contributed by atoms with Crippen LogP contribution in [0, 0.1) is 0 Å². The summed E-state index contributed by atoms with van der Waals surface area (Å²) >= 11 is 1.57. The van der Waals surface area contributed by atoms with Crippen molar-refractivity contribution in [1.29, 1.82) is 0 Å². The Morgan fingerprint density at radius 3 is 2.54 bits per heavy atom. The van der Waals surface area contributed by atoms with Crippen molar-refractivity contribution in [1.82, 2.24) is 0 Å². The van der Waals surface area contributed by atoms with Gasteiger partial charge in [0.05, 0.1) is 5.41 Å². The van der Waals surface area contributed by atoms with E-state index in [4.69, 9.17) is 17.2 Å². The number of carbonyl (C=O) groups excluding carboxylic acids is 2. The number of hydrogen-bond donors (Lipinski definition) is 4. The van der Waals surface area contributed by atoms with Crippen LogP contribution in [-0.4, -0.2) is 23.0 Å². The van der Waals surface area contributed by atoms with E-state index in [1.165, 1.54) is 6.08 Å². The van der Waals surface area contributed by atoms with Crippen LogP contribution in [0.15, 0.2) is 59.5 Å². The quantitative estimate of drug-likeness (QED) is 0.594. The SMILES string of the molecule is NC(=O)C1=CCC(c2cc(-c3cccs3)ccc2N)(C(O)C(N)=O)C=C1. The average Bonchev–Trinajstić information content (AvgIpc) is 3.16. The Bertz CT molecular complexity index is 918. The molecule has 6 nitrogen and oxygen atoms in total. The molecule has 26 heavy (non-hydrogen) atoms. The van der Waals surface area contributed by atoms with Crippen LogP contribution in [0.3, 0.4) is 0 Å². The first kappa shape index (κ1) is 17.9. The highest BCUT2D eigenvalue weighted by atomic mass is 32.1. The van der Waals surface area contributed by atoms with Gasteiger partial charge in [-0.1, -0.05) is 30.4 Å². The van der Waals surface area contributed by atoms with Gasteiger partial charge in [0.15, 0.2) is 0 Å². The Balaban J connectivity index is 2.15. The van der Waals surface area contributed by atoms with Crippen LogP contribution in [0.4, 0.5) is 5.69 Å². The van der Waals surface area contributed by atoms with E-state index in [2.05, 4.69) is 0 Å². The van der Waals surface area contributed by atoms with Crippen molar-refractivity contribution in [2.24, 2.45) is 11.5 Å². The first-order chi connectivity index (χ1) is 12.3.